The predicted octanol–water partition coefficient (Wildman–Crippen LogP) is 2.48. The van der Waals surface area contributed by atoms with Gasteiger partial charge in [-0.15, -0.1) is 0 Å². The molecule has 28 heavy (non-hydrogen) atoms. The van der Waals surface area contributed by atoms with Gasteiger partial charge in [-0.2, -0.15) is 4.31 Å². The fraction of sp³-hybridized carbons (Fsp3) is 0.350. The summed E-state index contributed by atoms with van der Waals surface area (Å²) in [6.07, 6.45) is 1.05. The van der Waals surface area contributed by atoms with E-state index in [0.29, 0.717) is 18.6 Å². The third-order valence-electron chi connectivity index (χ3n) is 4.62. The summed E-state index contributed by atoms with van der Waals surface area (Å²) in [5.74, 6) is -0.153. The van der Waals surface area contributed by atoms with Gasteiger partial charge in [-0.3, -0.25) is 4.79 Å². The average molecular weight is 406 g/mol. The second kappa shape index (κ2) is 8.70. The summed E-state index contributed by atoms with van der Waals surface area (Å²) >= 11 is 0. The van der Waals surface area contributed by atoms with Gasteiger partial charge in [-0.1, -0.05) is 17.7 Å². The van der Waals surface area contributed by atoms with Crippen LogP contribution in [0.3, 0.4) is 0 Å². The first-order valence-electron chi connectivity index (χ1n) is 9.12. The van der Waals surface area contributed by atoms with E-state index < -0.39 is 21.9 Å². The predicted molar refractivity (Wildman–Crippen MR) is 103 cm³/mol. The van der Waals surface area contributed by atoms with E-state index in [9.17, 15) is 17.6 Å². The van der Waals surface area contributed by atoms with E-state index in [4.69, 9.17) is 4.74 Å². The standard InChI is InChI=1S/C20H23FN2O4S/c1-15-4-8-17(9-5-15)27-14-12-22-20(24)19-3-2-13-23(19)28(25,26)18-10-6-16(21)7-11-18/h4-11,19H,2-3,12-14H2,1H3,(H,22,24)/t19-/m1/s1. The lowest BCUT2D eigenvalue weighted by atomic mass is 10.2. The van der Waals surface area contributed by atoms with Crippen molar-refractivity contribution in [2.45, 2.75) is 30.7 Å². The van der Waals surface area contributed by atoms with Crippen LogP contribution in [0.1, 0.15) is 18.4 Å². The van der Waals surface area contributed by atoms with Crippen molar-refractivity contribution >= 4 is 15.9 Å². The summed E-state index contributed by atoms with van der Waals surface area (Å²) in [6, 6.07) is 11.4. The maximum absolute atomic E-state index is 13.1. The van der Waals surface area contributed by atoms with Gasteiger partial charge < -0.3 is 10.1 Å². The molecule has 0 unspecified atom stereocenters. The van der Waals surface area contributed by atoms with Crippen LogP contribution >= 0.6 is 0 Å². The lowest BCUT2D eigenvalue weighted by Crippen LogP contribution is -2.46. The minimum Gasteiger partial charge on any atom is -0.492 e. The first kappa shape index (κ1) is 20.3. The zero-order chi connectivity index (χ0) is 20.1. The van der Waals surface area contributed by atoms with Gasteiger partial charge in [0.15, 0.2) is 0 Å². The average Bonchev–Trinajstić information content (AvgIpc) is 3.18. The molecular formula is C20H23FN2O4S. The number of nitrogens with one attached hydrogen (secondary N) is 1. The van der Waals surface area contributed by atoms with Gasteiger partial charge in [0, 0.05) is 6.54 Å². The van der Waals surface area contributed by atoms with E-state index in [1.165, 1.54) is 16.4 Å². The molecule has 2 aromatic carbocycles. The number of halogens is 1. The van der Waals surface area contributed by atoms with Crippen LogP contribution in [-0.2, 0) is 14.8 Å². The third kappa shape index (κ3) is 4.69. The normalized spacial score (nSPS) is 17.4. The van der Waals surface area contributed by atoms with Crippen molar-refractivity contribution in [3.05, 3.63) is 59.9 Å². The van der Waals surface area contributed by atoms with E-state index >= 15 is 0 Å². The molecule has 1 N–H and O–H groups in total. The maximum Gasteiger partial charge on any atom is 0.243 e. The van der Waals surface area contributed by atoms with Crippen LogP contribution in [0.25, 0.3) is 0 Å². The van der Waals surface area contributed by atoms with Crippen LogP contribution in [0.2, 0.25) is 0 Å². The first-order chi connectivity index (χ1) is 13.4. The van der Waals surface area contributed by atoms with Gasteiger partial charge in [-0.05, 0) is 56.2 Å². The number of nitrogens with zero attached hydrogens (tertiary/aromatic N) is 1. The Balaban J connectivity index is 1.56. The highest BCUT2D eigenvalue weighted by atomic mass is 32.2. The molecule has 1 atom stereocenters. The Labute approximate surface area is 164 Å². The number of hydrogen-bond donors (Lipinski definition) is 1. The summed E-state index contributed by atoms with van der Waals surface area (Å²) in [5.41, 5.74) is 1.13. The van der Waals surface area contributed by atoms with Crippen LogP contribution in [-0.4, -0.2) is 44.4 Å². The molecule has 1 aliphatic heterocycles. The number of aryl methyl sites for hydroxylation is 1. The highest BCUT2D eigenvalue weighted by Gasteiger charge is 2.39. The molecule has 1 amide bonds. The van der Waals surface area contributed by atoms with Crippen LogP contribution < -0.4 is 10.1 Å². The van der Waals surface area contributed by atoms with E-state index in [-0.39, 0.29) is 30.5 Å². The number of benzene rings is 2. The van der Waals surface area contributed by atoms with Gasteiger partial charge >= 0.3 is 0 Å². The van der Waals surface area contributed by atoms with Gasteiger partial charge in [0.25, 0.3) is 0 Å². The van der Waals surface area contributed by atoms with Crippen molar-refractivity contribution in [3.63, 3.8) is 0 Å². The van der Waals surface area contributed by atoms with Crippen molar-refractivity contribution < 1.29 is 22.3 Å². The molecule has 2 aromatic rings. The lowest BCUT2D eigenvalue weighted by Gasteiger charge is -2.23. The van der Waals surface area contributed by atoms with Gasteiger partial charge in [-0.25, -0.2) is 12.8 Å². The molecule has 1 aliphatic rings. The van der Waals surface area contributed by atoms with E-state index in [0.717, 1.165) is 17.7 Å². The number of sulfonamides is 1. The van der Waals surface area contributed by atoms with E-state index in [1.807, 2.05) is 31.2 Å². The molecule has 1 fully saturated rings. The minimum absolute atomic E-state index is 0.0173. The third-order valence-corrected chi connectivity index (χ3v) is 6.54. The van der Waals surface area contributed by atoms with Crippen molar-refractivity contribution in [3.8, 4) is 5.75 Å². The van der Waals surface area contributed by atoms with Gasteiger partial charge in [0.1, 0.15) is 24.2 Å². The molecule has 0 saturated carbocycles. The fourth-order valence-corrected chi connectivity index (χ4v) is 4.78. The van der Waals surface area contributed by atoms with Crippen LogP contribution in [0.5, 0.6) is 5.75 Å². The summed E-state index contributed by atoms with van der Waals surface area (Å²) < 4.78 is 45.4. The molecule has 0 aromatic heterocycles. The lowest BCUT2D eigenvalue weighted by molar-refractivity contribution is -0.124. The summed E-state index contributed by atoms with van der Waals surface area (Å²) in [4.78, 5) is 12.5. The molecule has 0 aliphatic carbocycles. The largest absolute Gasteiger partial charge is 0.492 e. The second-order valence-corrected chi connectivity index (χ2v) is 8.57. The van der Waals surface area contributed by atoms with Crippen LogP contribution in [0.4, 0.5) is 4.39 Å². The topological polar surface area (TPSA) is 75.7 Å². The number of amides is 1. The Morgan fingerprint density at radius 3 is 2.54 bits per heavy atom. The monoisotopic (exact) mass is 406 g/mol. The SMILES string of the molecule is Cc1ccc(OCCNC(=O)[C@H]2CCCN2S(=O)(=O)c2ccc(F)cc2)cc1. The molecule has 3 rings (SSSR count). The Bertz CT molecular complexity index is 914. The Hall–Kier alpha value is -2.45. The van der Waals surface area contributed by atoms with Crippen molar-refractivity contribution in [2.75, 3.05) is 19.7 Å². The molecule has 150 valence electrons. The zero-order valence-electron chi connectivity index (χ0n) is 15.6. The van der Waals surface area contributed by atoms with Gasteiger partial charge in [0.2, 0.25) is 15.9 Å². The smallest absolute Gasteiger partial charge is 0.243 e. The Morgan fingerprint density at radius 2 is 1.86 bits per heavy atom. The quantitative estimate of drug-likeness (QED) is 0.717. The molecule has 0 spiro atoms. The number of carbonyl (C=O) groups is 1. The van der Waals surface area contributed by atoms with E-state index in [1.54, 1.807) is 0 Å². The van der Waals surface area contributed by atoms with E-state index in [2.05, 4.69) is 5.32 Å². The number of hydrogen-bond acceptors (Lipinski definition) is 4. The first-order valence-corrected chi connectivity index (χ1v) is 10.6. The number of ether oxygens (including phenoxy) is 1. The molecule has 0 radical (unpaired) electrons. The van der Waals surface area contributed by atoms with Crippen LogP contribution in [0, 0.1) is 12.7 Å². The van der Waals surface area contributed by atoms with Gasteiger partial charge in [0.05, 0.1) is 11.4 Å². The van der Waals surface area contributed by atoms with Crippen molar-refractivity contribution in [1.82, 2.24) is 9.62 Å². The Kier molecular flexibility index (Phi) is 6.31. The highest BCUT2D eigenvalue weighted by Crippen LogP contribution is 2.26. The number of rotatable bonds is 7. The van der Waals surface area contributed by atoms with Crippen molar-refractivity contribution in [1.29, 1.82) is 0 Å². The van der Waals surface area contributed by atoms with Crippen molar-refractivity contribution in [2.24, 2.45) is 0 Å². The second-order valence-electron chi connectivity index (χ2n) is 6.68. The summed E-state index contributed by atoms with van der Waals surface area (Å²) in [7, 11) is -3.85. The minimum atomic E-state index is -3.85. The summed E-state index contributed by atoms with van der Waals surface area (Å²) in [6.45, 7) is 2.80. The fourth-order valence-electron chi connectivity index (χ4n) is 3.13. The maximum atomic E-state index is 13.1. The molecule has 6 nitrogen and oxygen atoms in total. The molecule has 8 heteroatoms. The summed E-state index contributed by atoms with van der Waals surface area (Å²) in [5, 5.41) is 2.74. The molecule has 1 heterocycles. The highest BCUT2D eigenvalue weighted by molar-refractivity contribution is 7.89. The van der Waals surface area contributed by atoms with Crippen LogP contribution in [0.15, 0.2) is 53.4 Å². The Morgan fingerprint density at radius 1 is 1.18 bits per heavy atom. The zero-order valence-corrected chi connectivity index (χ0v) is 16.4. The molecule has 1 saturated heterocycles. The molecule has 0 bridgehead atoms. The number of carbonyl (C=O) groups excluding carboxylic acids is 1. The molecular weight excluding hydrogens is 383 g/mol.